The molecule has 0 bridgehead atoms. The van der Waals surface area contributed by atoms with Crippen LogP contribution in [0, 0.1) is 36.5 Å². The number of hydrogen-bond acceptors (Lipinski definition) is 2. The molecular formula is C52H34N4. The highest BCUT2D eigenvalue weighted by Gasteiger charge is 2.25. The van der Waals surface area contributed by atoms with Gasteiger partial charge in [-0.3, -0.25) is 0 Å². The molecule has 0 unspecified atom stereocenters. The lowest BCUT2D eigenvalue weighted by Crippen LogP contribution is -2.06. The number of aryl methyl sites for hydroxylation is 2. The van der Waals surface area contributed by atoms with Crippen molar-refractivity contribution in [1.82, 2.24) is 9.13 Å². The van der Waals surface area contributed by atoms with Crippen molar-refractivity contribution >= 4 is 43.6 Å². The normalized spacial score (nSPS) is 11.4. The van der Waals surface area contributed by atoms with Crippen molar-refractivity contribution in [3.8, 4) is 56.9 Å². The standard InChI is InChI=1S/C52H34N4/c1-33-12-3-5-16-39(33)37-22-24-44-42-18-7-9-20-47(42)55(50(44)29-37)49-27-26-41(36-15-11-14-35(28-36)31-53)52(46(49)32-54)56-48-21-10-8-19-43(48)45-25-23-38(30-51(45)56)40-17-6-4-13-34(40)2/h3-30H,1-2H3. The van der Waals surface area contributed by atoms with Gasteiger partial charge in [-0.25, -0.2) is 0 Å². The van der Waals surface area contributed by atoms with Crippen LogP contribution in [0.25, 0.3) is 88.4 Å². The average molecular weight is 715 g/mol. The average Bonchev–Trinajstić information content (AvgIpc) is 3.75. The zero-order chi connectivity index (χ0) is 37.9. The van der Waals surface area contributed by atoms with Gasteiger partial charge < -0.3 is 9.13 Å². The number of nitrogens with zero attached hydrogens (tertiary/aromatic N) is 4. The molecule has 0 saturated carbocycles. The second-order valence-corrected chi connectivity index (χ2v) is 14.5. The minimum absolute atomic E-state index is 0.540. The third-order valence-corrected chi connectivity index (χ3v) is 11.3. The summed E-state index contributed by atoms with van der Waals surface area (Å²) in [6.45, 7) is 4.29. The fraction of sp³-hybridized carbons (Fsp3) is 0.0385. The van der Waals surface area contributed by atoms with Crippen molar-refractivity contribution in [2.45, 2.75) is 13.8 Å². The Morgan fingerprint density at radius 3 is 1.50 bits per heavy atom. The summed E-state index contributed by atoms with van der Waals surface area (Å²) >= 11 is 0. The quantitative estimate of drug-likeness (QED) is 0.178. The summed E-state index contributed by atoms with van der Waals surface area (Å²) < 4.78 is 4.53. The molecule has 0 aliphatic rings. The van der Waals surface area contributed by atoms with Crippen LogP contribution in [0.5, 0.6) is 0 Å². The van der Waals surface area contributed by atoms with E-state index >= 15 is 0 Å². The molecule has 0 radical (unpaired) electrons. The van der Waals surface area contributed by atoms with Crippen LogP contribution in [0.1, 0.15) is 22.3 Å². The first-order valence-electron chi connectivity index (χ1n) is 18.8. The van der Waals surface area contributed by atoms with Gasteiger partial charge in [-0.15, -0.1) is 0 Å². The highest BCUT2D eigenvalue weighted by Crippen LogP contribution is 2.43. The van der Waals surface area contributed by atoms with Crippen LogP contribution >= 0.6 is 0 Å². The van der Waals surface area contributed by atoms with Gasteiger partial charge in [-0.1, -0.05) is 127 Å². The minimum Gasteiger partial charge on any atom is -0.308 e. The zero-order valence-corrected chi connectivity index (χ0v) is 31.0. The molecule has 2 aromatic heterocycles. The lowest BCUT2D eigenvalue weighted by molar-refractivity contribution is 1.12. The topological polar surface area (TPSA) is 57.4 Å². The molecule has 2 heterocycles. The number of aromatic nitrogens is 2. The number of rotatable bonds is 5. The van der Waals surface area contributed by atoms with Gasteiger partial charge in [-0.05, 0) is 95.3 Å². The maximum Gasteiger partial charge on any atom is 0.104 e. The van der Waals surface area contributed by atoms with Crippen LogP contribution in [-0.2, 0) is 0 Å². The summed E-state index contributed by atoms with van der Waals surface area (Å²) in [6.07, 6.45) is 0. The van der Waals surface area contributed by atoms with E-state index in [1.54, 1.807) is 0 Å². The van der Waals surface area contributed by atoms with Crippen molar-refractivity contribution in [3.05, 3.63) is 192 Å². The van der Waals surface area contributed by atoms with Crippen molar-refractivity contribution in [3.63, 3.8) is 0 Å². The number of para-hydroxylation sites is 2. The lowest BCUT2D eigenvalue weighted by Gasteiger charge is -2.20. The largest absolute Gasteiger partial charge is 0.308 e. The molecule has 56 heavy (non-hydrogen) atoms. The summed E-state index contributed by atoms with van der Waals surface area (Å²) in [7, 11) is 0. The Labute approximate surface area is 325 Å². The SMILES string of the molecule is Cc1ccccc1-c1ccc2c3ccccc3n(-c3ccc(-c4cccc(C#N)c4)c(-n4c5ccccc5c5ccc(-c6ccccc6C)cc54)c3C#N)c2c1. The summed E-state index contributed by atoms with van der Waals surface area (Å²) in [5.41, 5.74) is 15.4. The van der Waals surface area contributed by atoms with Gasteiger partial charge in [0.25, 0.3) is 0 Å². The van der Waals surface area contributed by atoms with E-state index in [0.717, 1.165) is 82.8 Å². The predicted octanol–water partition coefficient (Wildman–Crippen LogP) is 13.2. The Morgan fingerprint density at radius 1 is 0.393 bits per heavy atom. The second-order valence-electron chi connectivity index (χ2n) is 14.5. The van der Waals surface area contributed by atoms with Crippen molar-refractivity contribution < 1.29 is 0 Å². The van der Waals surface area contributed by atoms with Crippen molar-refractivity contribution in [1.29, 1.82) is 10.5 Å². The van der Waals surface area contributed by atoms with E-state index in [1.165, 1.54) is 16.7 Å². The summed E-state index contributed by atoms with van der Waals surface area (Å²) in [6, 6.07) is 64.1. The molecule has 10 rings (SSSR count). The van der Waals surface area contributed by atoms with Crippen LogP contribution in [0.4, 0.5) is 0 Å². The van der Waals surface area contributed by atoms with Gasteiger partial charge in [0.05, 0.1) is 45.1 Å². The van der Waals surface area contributed by atoms with Gasteiger partial charge in [0.15, 0.2) is 0 Å². The van der Waals surface area contributed by atoms with Crippen molar-refractivity contribution in [2.75, 3.05) is 0 Å². The Bertz CT molecular complexity index is 3310. The highest BCUT2D eigenvalue weighted by molar-refractivity contribution is 6.12. The Hall–Kier alpha value is -7.66. The van der Waals surface area contributed by atoms with Crippen molar-refractivity contribution in [2.24, 2.45) is 0 Å². The lowest BCUT2D eigenvalue weighted by atomic mass is 9.96. The van der Waals surface area contributed by atoms with Gasteiger partial charge in [0.1, 0.15) is 11.6 Å². The van der Waals surface area contributed by atoms with Crippen LogP contribution < -0.4 is 0 Å². The first kappa shape index (κ1) is 32.9. The Balaban J connectivity index is 1.35. The Kier molecular flexibility index (Phi) is 7.66. The third-order valence-electron chi connectivity index (χ3n) is 11.3. The van der Waals surface area contributed by atoms with E-state index in [2.05, 4.69) is 181 Å². The molecule has 0 aliphatic heterocycles. The van der Waals surface area contributed by atoms with E-state index < -0.39 is 0 Å². The summed E-state index contributed by atoms with van der Waals surface area (Å²) in [5.74, 6) is 0. The molecule has 4 nitrogen and oxygen atoms in total. The molecule has 0 amide bonds. The van der Waals surface area contributed by atoms with E-state index in [4.69, 9.17) is 0 Å². The van der Waals surface area contributed by atoms with E-state index in [9.17, 15) is 10.5 Å². The third kappa shape index (κ3) is 5.05. The van der Waals surface area contributed by atoms with Crippen LogP contribution in [0.2, 0.25) is 0 Å². The molecule has 0 fully saturated rings. The van der Waals surface area contributed by atoms with Gasteiger partial charge in [-0.2, -0.15) is 10.5 Å². The van der Waals surface area contributed by atoms with Crippen LogP contribution in [-0.4, -0.2) is 9.13 Å². The van der Waals surface area contributed by atoms with Gasteiger partial charge in [0.2, 0.25) is 0 Å². The van der Waals surface area contributed by atoms with Gasteiger partial charge >= 0.3 is 0 Å². The fourth-order valence-electron chi connectivity index (χ4n) is 8.67. The summed E-state index contributed by atoms with van der Waals surface area (Å²) in [5, 5.41) is 26.0. The molecule has 0 spiro atoms. The maximum absolute atomic E-state index is 11.6. The molecule has 0 saturated heterocycles. The van der Waals surface area contributed by atoms with Crippen LogP contribution in [0.15, 0.2) is 170 Å². The van der Waals surface area contributed by atoms with Gasteiger partial charge in [0, 0.05) is 27.1 Å². The molecule has 8 aromatic carbocycles. The molecule has 0 aliphatic carbocycles. The first-order chi connectivity index (χ1) is 27.5. The number of hydrogen-bond donors (Lipinski definition) is 0. The minimum atomic E-state index is 0.540. The number of fused-ring (bicyclic) bond motifs is 6. The van der Waals surface area contributed by atoms with E-state index in [-0.39, 0.29) is 0 Å². The highest BCUT2D eigenvalue weighted by atomic mass is 15.0. The predicted molar refractivity (Wildman–Crippen MR) is 230 cm³/mol. The molecule has 0 N–H and O–H groups in total. The van der Waals surface area contributed by atoms with E-state index in [0.29, 0.717) is 11.1 Å². The van der Waals surface area contributed by atoms with Crippen LogP contribution in [0.3, 0.4) is 0 Å². The molecule has 0 atom stereocenters. The molecule has 4 heteroatoms. The Morgan fingerprint density at radius 2 is 0.911 bits per heavy atom. The number of nitriles is 2. The second kappa shape index (κ2) is 13.0. The first-order valence-corrected chi connectivity index (χ1v) is 18.8. The molecular weight excluding hydrogens is 681 g/mol. The smallest absolute Gasteiger partial charge is 0.104 e. The zero-order valence-electron chi connectivity index (χ0n) is 31.0. The van der Waals surface area contributed by atoms with E-state index in [1.807, 2.05) is 24.3 Å². The summed E-state index contributed by atoms with van der Waals surface area (Å²) in [4.78, 5) is 0. The number of benzene rings is 8. The monoisotopic (exact) mass is 714 g/mol. The fourth-order valence-corrected chi connectivity index (χ4v) is 8.67. The molecule has 262 valence electrons. The molecule has 10 aromatic rings. The maximum atomic E-state index is 11.6.